The molecule has 0 N–H and O–H groups in total. The van der Waals surface area contributed by atoms with Crippen molar-refractivity contribution in [1.29, 1.82) is 0 Å². The van der Waals surface area contributed by atoms with Crippen LogP contribution in [0, 0.1) is 0 Å². The van der Waals surface area contributed by atoms with E-state index >= 15 is 0 Å². The standard InChI is InChI=1S/C20H28S/c1-3-4-5-6-7-11-14-20-15-19(16-21-20)17(2)18-12-9-8-10-13-18/h8-10,12-13,15-17H,3-7,11,14H2,1-2H3. The van der Waals surface area contributed by atoms with Crippen LogP contribution in [0.25, 0.3) is 0 Å². The molecule has 1 aromatic heterocycles. The molecule has 1 atom stereocenters. The van der Waals surface area contributed by atoms with Crippen molar-refractivity contribution in [2.45, 2.75) is 64.7 Å². The topological polar surface area (TPSA) is 0 Å². The molecule has 2 rings (SSSR count). The Morgan fingerprint density at radius 1 is 0.905 bits per heavy atom. The number of thiophene rings is 1. The molecule has 0 amide bonds. The summed E-state index contributed by atoms with van der Waals surface area (Å²) in [5, 5.41) is 2.35. The number of aryl methyl sites for hydroxylation is 1. The molecule has 0 aliphatic carbocycles. The summed E-state index contributed by atoms with van der Waals surface area (Å²) in [5.74, 6) is 0.515. The largest absolute Gasteiger partial charge is 0.149 e. The lowest BCUT2D eigenvalue weighted by Crippen LogP contribution is -1.93. The van der Waals surface area contributed by atoms with E-state index in [0.717, 1.165) is 0 Å². The number of hydrogen-bond acceptors (Lipinski definition) is 1. The minimum Gasteiger partial charge on any atom is -0.149 e. The number of unbranched alkanes of at least 4 members (excludes halogenated alkanes) is 5. The van der Waals surface area contributed by atoms with E-state index in [1.54, 1.807) is 4.88 Å². The summed E-state index contributed by atoms with van der Waals surface area (Å²) in [5.41, 5.74) is 2.90. The second-order valence-corrected chi connectivity index (χ2v) is 6.99. The zero-order valence-electron chi connectivity index (χ0n) is 13.5. The number of hydrogen-bond donors (Lipinski definition) is 0. The van der Waals surface area contributed by atoms with Crippen molar-refractivity contribution in [3.63, 3.8) is 0 Å². The van der Waals surface area contributed by atoms with Gasteiger partial charge in [0.05, 0.1) is 0 Å². The van der Waals surface area contributed by atoms with E-state index in [9.17, 15) is 0 Å². The van der Waals surface area contributed by atoms with Crippen LogP contribution >= 0.6 is 11.3 Å². The fraction of sp³-hybridized carbons (Fsp3) is 0.500. The molecular weight excluding hydrogens is 272 g/mol. The first-order valence-corrected chi connectivity index (χ1v) is 9.31. The molecule has 0 radical (unpaired) electrons. The van der Waals surface area contributed by atoms with Crippen LogP contribution in [-0.2, 0) is 6.42 Å². The average Bonchev–Trinajstić information content (AvgIpc) is 3.00. The molecule has 1 heterocycles. The highest BCUT2D eigenvalue weighted by molar-refractivity contribution is 7.10. The molecule has 1 aromatic carbocycles. The molecular formula is C20H28S. The summed E-state index contributed by atoms with van der Waals surface area (Å²) < 4.78 is 0. The molecule has 0 aliphatic heterocycles. The van der Waals surface area contributed by atoms with Gasteiger partial charge in [-0.25, -0.2) is 0 Å². The highest BCUT2D eigenvalue weighted by Crippen LogP contribution is 2.28. The van der Waals surface area contributed by atoms with Crippen molar-refractivity contribution in [3.05, 3.63) is 57.8 Å². The van der Waals surface area contributed by atoms with Crippen LogP contribution in [0.1, 0.15) is 74.3 Å². The van der Waals surface area contributed by atoms with E-state index in [0.29, 0.717) is 5.92 Å². The summed E-state index contributed by atoms with van der Waals surface area (Å²) in [4.78, 5) is 1.56. The Labute approximate surface area is 134 Å². The second-order valence-electron chi connectivity index (χ2n) is 6.00. The molecule has 0 fully saturated rings. The third-order valence-electron chi connectivity index (χ3n) is 4.25. The third-order valence-corrected chi connectivity index (χ3v) is 5.27. The molecule has 2 aromatic rings. The van der Waals surface area contributed by atoms with Crippen molar-refractivity contribution >= 4 is 11.3 Å². The molecule has 0 nitrogen and oxygen atoms in total. The van der Waals surface area contributed by atoms with Crippen LogP contribution in [0.3, 0.4) is 0 Å². The molecule has 0 bridgehead atoms. The van der Waals surface area contributed by atoms with Gasteiger partial charge >= 0.3 is 0 Å². The Bertz CT molecular complexity index is 498. The van der Waals surface area contributed by atoms with Gasteiger partial charge in [0.2, 0.25) is 0 Å². The maximum absolute atomic E-state index is 2.42. The predicted molar refractivity (Wildman–Crippen MR) is 95.4 cm³/mol. The van der Waals surface area contributed by atoms with Crippen molar-refractivity contribution in [2.24, 2.45) is 0 Å². The van der Waals surface area contributed by atoms with Gasteiger partial charge in [-0.1, -0.05) is 76.3 Å². The Morgan fingerprint density at radius 3 is 2.38 bits per heavy atom. The van der Waals surface area contributed by atoms with E-state index in [2.05, 4.69) is 55.6 Å². The highest BCUT2D eigenvalue weighted by Gasteiger charge is 2.10. The molecule has 114 valence electrons. The summed E-state index contributed by atoms with van der Waals surface area (Å²) >= 11 is 1.94. The number of rotatable bonds is 9. The van der Waals surface area contributed by atoms with Crippen LogP contribution in [0.2, 0.25) is 0 Å². The van der Waals surface area contributed by atoms with E-state index in [-0.39, 0.29) is 0 Å². The molecule has 1 unspecified atom stereocenters. The maximum atomic E-state index is 2.42. The van der Waals surface area contributed by atoms with Crippen molar-refractivity contribution in [3.8, 4) is 0 Å². The highest BCUT2D eigenvalue weighted by atomic mass is 32.1. The zero-order chi connectivity index (χ0) is 14.9. The zero-order valence-corrected chi connectivity index (χ0v) is 14.3. The lowest BCUT2D eigenvalue weighted by atomic mass is 9.95. The minimum atomic E-state index is 0.515. The first kappa shape index (κ1) is 16.3. The average molecular weight is 301 g/mol. The van der Waals surface area contributed by atoms with Gasteiger partial charge in [-0.3, -0.25) is 0 Å². The predicted octanol–water partition coefficient (Wildman–Crippen LogP) is 6.80. The molecule has 0 spiro atoms. The van der Waals surface area contributed by atoms with Gasteiger partial charge in [0.25, 0.3) is 0 Å². The van der Waals surface area contributed by atoms with Crippen LogP contribution in [0.15, 0.2) is 41.8 Å². The Morgan fingerprint density at radius 2 is 1.62 bits per heavy atom. The van der Waals surface area contributed by atoms with Gasteiger partial charge in [-0.2, -0.15) is 0 Å². The van der Waals surface area contributed by atoms with Crippen LogP contribution in [0.4, 0.5) is 0 Å². The Hall–Kier alpha value is -1.08. The first-order valence-electron chi connectivity index (χ1n) is 8.43. The normalized spacial score (nSPS) is 12.5. The van der Waals surface area contributed by atoms with Gasteiger partial charge in [-0.15, -0.1) is 11.3 Å². The minimum absolute atomic E-state index is 0.515. The molecule has 1 heteroatoms. The van der Waals surface area contributed by atoms with Gasteiger partial charge < -0.3 is 0 Å². The Balaban J connectivity index is 1.79. The van der Waals surface area contributed by atoms with E-state index in [1.807, 2.05) is 11.3 Å². The molecule has 21 heavy (non-hydrogen) atoms. The summed E-state index contributed by atoms with van der Waals surface area (Å²) in [6, 6.07) is 13.2. The SMILES string of the molecule is CCCCCCCCc1cc(C(C)c2ccccc2)cs1. The van der Waals surface area contributed by atoms with E-state index < -0.39 is 0 Å². The fourth-order valence-electron chi connectivity index (χ4n) is 2.77. The molecule has 0 aliphatic rings. The first-order chi connectivity index (χ1) is 10.3. The van der Waals surface area contributed by atoms with Crippen LogP contribution < -0.4 is 0 Å². The fourth-order valence-corrected chi connectivity index (χ4v) is 3.80. The summed E-state index contributed by atoms with van der Waals surface area (Å²) in [6.45, 7) is 4.59. The van der Waals surface area contributed by atoms with E-state index in [4.69, 9.17) is 0 Å². The van der Waals surface area contributed by atoms with Crippen molar-refractivity contribution in [1.82, 2.24) is 0 Å². The quantitative estimate of drug-likeness (QED) is 0.446. The van der Waals surface area contributed by atoms with Gasteiger partial charge in [0, 0.05) is 10.8 Å². The van der Waals surface area contributed by atoms with E-state index in [1.165, 1.54) is 56.1 Å². The lowest BCUT2D eigenvalue weighted by molar-refractivity contribution is 0.609. The summed E-state index contributed by atoms with van der Waals surface area (Å²) in [7, 11) is 0. The van der Waals surface area contributed by atoms with Crippen LogP contribution in [-0.4, -0.2) is 0 Å². The van der Waals surface area contributed by atoms with Gasteiger partial charge in [-0.05, 0) is 35.4 Å². The van der Waals surface area contributed by atoms with Gasteiger partial charge in [0.15, 0.2) is 0 Å². The lowest BCUT2D eigenvalue weighted by Gasteiger charge is -2.09. The smallest absolute Gasteiger partial charge is 0.00693 e. The van der Waals surface area contributed by atoms with Gasteiger partial charge in [0.1, 0.15) is 0 Å². The summed E-state index contributed by atoms with van der Waals surface area (Å²) in [6.07, 6.45) is 9.57. The molecule has 0 saturated carbocycles. The maximum Gasteiger partial charge on any atom is 0.00693 e. The van der Waals surface area contributed by atoms with Crippen molar-refractivity contribution in [2.75, 3.05) is 0 Å². The van der Waals surface area contributed by atoms with Crippen LogP contribution in [0.5, 0.6) is 0 Å². The van der Waals surface area contributed by atoms with Crippen molar-refractivity contribution < 1.29 is 0 Å². The molecule has 0 saturated heterocycles. The third kappa shape index (κ3) is 5.32. The Kier molecular flexibility index (Phi) is 7.02. The second kappa shape index (κ2) is 9.04. The monoisotopic (exact) mass is 300 g/mol. The number of benzene rings is 1.